The summed E-state index contributed by atoms with van der Waals surface area (Å²) in [4.78, 5) is 11.6. The number of benzene rings is 1. The third kappa shape index (κ3) is 2.80. The molecule has 0 bridgehead atoms. The molecule has 2 aromatic heterocycles. The number of aromatic amines is 1. The second-order valence-electron chi connectivity index (χ2n) is 4.50. The number of nitrogens with zero attached hydrogens (tertiary/aromatic N) is 2. The van der Waals surface area contributed by atoms with Crippen molar-refractivity contribution in [3.05, 3.63) is 60.3 Å². The van der Waals surface area contributed by atoms with Crippen molar-refractivity contribution < 1.29 is 0 Å². The van der Waals surface area contributed by atoms with Gasteiger partial charge < -0.3 is 10.3 Å². The molecule has 3 aromatic rings. The fourth-order valence-corrected chi connectivity index (χ4v) is 2.18. The molecular formula is C15H16N4. The first-order valence-electron chi connectivity index (χ1n) is 6.44. The molecule has 0 amide bonds. The van der Waals surface area contributed by atoms with Gasteiger partial charge in [-0.15, -0.1) is 0 Å². The lowest BCUT2D eigenvalue weighted by Crippen LogP contribution is -2.17. The second-order valence-corrected chi connectivity index (χ2v) is 4.50. The van der Waals surface area contributed by atoms with Crippen LogP contribution in [0, 0.1) is 0 Å². The van der Waals surface area contributed by atoms with Gasteiger partial charge in [-0.1, -0.05) is 24.3 Å². The van der Waals surface area contributed by atoms with Crippen LogP contribution in [0.5, 0.6) is 0 Å². The molecule has 2 N–H and O–H groups in total. The van der Waals surface area contributed by atoms with E-state index in [2.05, 4.69) is 44.5 Å². The molecule has 4 heteroatoms. The molecule has 3 rings (SSSR count). The van der Waals surface area contributed by atoms with Crippen LogP contribution in [-0.4, -0.2) is 21.5 Å². The average Bonchev–Trinajstić information content (AvgIpc) is 2.97. The predicted octanol–water partition coefficient (Wildman–Crippen LogP) is 2.29. The van der Waals surface area contributed by atoms with Crippen LogP contribution in [0.15, 0.2) is 49.1 Å². The number of imidazole rings is 1. The molecular weight excluding hydrogens is 236 g/mol. The Hall–Kier alpha value is -2.20. The van der Waals surface area contributed by atoms with Gasteiger partial charge in [0.2, 0.25) is 0 Å². The summed E-state index contributed by atoms with van der Waals surface area (Å²) in [6.07, 6.45) is 6.37. The summed E-state index contributed by atoms with van der Waals surface area (Å²) in [5.74, 6) is 0. The minimum Gasteiger partial charge on any atom is -0.348 e. The van der Waals surface area contributed by atoms with Gasteiger partial charge in [-0.05, 0) is 11.6 Å². The fraction of sp³-hybridized carbons (Fsp3) is 0.200. The number of rotatable bonds is 5. The van der Waals surface area contributed by atoms with Gasteiger partial charge in [-0.2, -0.15) is 0 Å². The minimum atomic E-state index is 0.836. The molecule has 0 fully saturated rings. The zero-order valence-corrected chi connectivity index (χ0v) is 10.6. The van der Waals surface area contributed by atoms with Gasteiger partial charge in [-0.3, -0.25) is 4.98 Å². The van der Waals surface area contributed by atoms with E-state index in [1.54, 1.807) is 6.33 Å². The van der Waals surface area contributed by atoms with E-state index in [4.69, 9.17) is 0 Å². The number of hydrogen-bond donors (Lipinski definition) is 2. The van der Waals surface area contributed by atoms with Gasteiger partial charge in [0.15, 0.2) is 0 Å². The third-order valence-electron chi connectivity index (χ3n) is 3.16. The van der Waals surface area contributed by atoms with Crippen molar-refractivity contribution in [2.24, 2.45) is 0 Å². The van der Waals surface area contributed by atoms with Gasteiger partial charge in [0.25, 0.3) is 0 Å². The van der Waals surface area contributed by atoms with Gasteiger partial charge in [-0.25, -0.2) is 4.98 Å². The molecule has 0 aliphatic carbocycles. The van der Waals surface area contributed by atoms with E-state index in [1.165, 1.54) is 10.9 Å². The minimum absolute atomic E-state index is 0.836. The van der Waals surface area contributed by atoms with Crippen molar-refractivity contribution in [1.29, 1.82) is 0 Å². The fourth-order valence-electron chi connectivity index (χ4n) is 2.18. The van der Waals surface area contributed by atoms with Crippen molar-refractivity contribution in [3.63, 3.8) is 0 Å². The van der Waals surface area contributed by atoms with E-state index < -0.39 is 0 Å². The molecule has 2 heterocycles. The highest BCUT2D eigenvalue weighted by Gasteiger charge is 2.01. The van der Waals surface area contributed by atoms with Crippen LogP contribution < -0.4 is 5.32 Å². The number of aromatic nitrogens is 3. The lowest BCUT2D eigenvalue weighted by molar-refractivity contribution is 0.683. The molecule has 0 atom stereocenters. The van der Waals surface area contributed by atoms with Crippen LogP contribution in [0.2, 0.25) is 0 Å². The Morgan fingerprint density at radius 2 is 2.11 bits per heavy atom. The molecule has 0 unspecified atom stereocenters. The summed E-state index contributed by atoms with van der Waals surface area (Å²) in [7, 11) is 0. The van der Waals surface area contributed by atoms with E-state index in [-0.39, 0.29) is 0 Å². The number of pyridine rings is 1. The normalized spacial score (nSPS) is 10.9. The van der Waals surface area contributed by atoms with Crippen molar-refractivity contribution in [2.75, 3.05) is 6.54 Å². The lowest BCUT2D eigenvalue weighted by Gasteiger charge is -2.07. The monoisotopic (exact) mass is 252 g/mol. The Morgan fingerprint density at radius 3 is 3.00 bits per heavy atom. The van der Waals surface area contributed by atoms with Crippen LogP contribution in [0.4, 0.5) is 0 Å². The Bertz CT molecular complexity index is 641. The van der Waals surface area contributed by atoms with Crippen molar-refractivity contribution >= 4 is 10.9 Å². The topological polar surface area (TPSA) is 53.6 Å². The number of hydrogen-bond acceptors (Lipinski definition) is 3. The number of para-hydroxylation sites is 1. The molecule has 0 aliphatic heterocycles. The Morgan fingerprint density at radius 1 is 1.16 bits per heavy atom. The molecule has 19 heavy (non-hydrogen) atoms. The van der Waals surface area contributed by atoms with E-state index in [0.717, 1.165) is 30.7 Å². The molecule has 0 radical (unpaired) electrons. The number of H-pyrrole nitrogens is 1. The first-order chi connectivity index (χ1) is 9.43. The lowest BCUT2D eigenvalue weighted by atomic mass is 10.1. The number of nitrogens with one attached hydrogen (secondary N) is 2. The van der Waals surface area contributed by atoms with E-state index in [9.17, 15) is 0 Å². The summed E-state index contributed by atoms with van der Waals surface area (Å²) in [5.41, 5.74) is 3.48. The third-order valence-corrected chi connectivity index (χ3v) is 3.16. The maximum absolute atomic E-state index is 4.45. The van der Waals surface area contributed by atoms with Gasteiger partial charge in [0.1, 0.15) is 0 Å². The van der Waals surface area contributed by atoms with Crippen molar-refractivity contribution in [3.8, 4) is 0 Å². The van der Waals surface area contributed by atoms with Crippen LogP contribution >= 0.6 is 0 Å². The Labute approximate surface area is 111 Å². The second kappa shape index (κ2) is 5.63. The zero-order chi connectivity index (χ0) is 12.9. The van der Waals surface area contributed by atoms with Crippen LogP contribution in [0.25, 0.3) is 10.9 Å². The maximum atomic E-state index is 4.45. The first kappa shape index (κ1) is 11.9. The average molecular weight is 252 g/mol. The standard InChI is InChI=1S/C15H16N4/c1-3-12-5-2-7-18-15(12)13(4-1)9-16-8-6-14-10-17-11-19-14/h1-5,7,10-11,16H,6,8-9H2,(H,17,19). The van der Waals surface area contributed by atoms with E-state index >= 15 is 0 Å². The highest BCUT2D eigenvalue weighted by Crippen LogP contribution is 2.15. The summed E-state index contributed by atoms with van der Waals surface area (Å²) in [6.45, 7) is 1.76. The molecule has 0 saturated carbocycles. The van der Waals surface area contributed by atoms with Gasteiger partial charge in [0, 0.05) is 43.0 Å². The van der Waals surface area contributed by atoms with E-state index in [1.807, 2.05) is 18.5 Å². The molecule has 96 valence electrons. The molecule has 0 spiro atoms. The summed E-state index contributed by atoms with van der Waals surface area (Å²) in [6, 6.07) is 10.4. The molecule has 0 aliphatic rings. The predicted molar refractivity (Wildman–Crippen MR) is 75.7 cm³/mol. The zero-order valence-electron chi connectivity index (χ0n) is 10.6. The Balaban J connectivity index is 1.62. The highest BCUT2D eigenvalue weighted by atomic mass is 14.9. The Kier molecular flexibility index (Phi) is 3.51. The first-order valence-corrected chi connectivity index (χ1v) is 6.44. The number of fused-ring (bicyclic) bond motifs is 1. The molecule has 1 aromatic carbocycles. The molecule has 0 saturated heterocycles. The van der Waals surface area contributed by atoms with Crippen LogP contribution in [0.3, 0.4) is 0 Å². The quantitative estimate of drug-likeness (QED) is 0.685. The van der Waals surface area contributed by atoms with Crippen molar-refractivity contribution in [2.45, 2.75) is 13.0 Å². The van der Waals surface area contributed by atoms with Gasteiger partial charge >= 0.3 is 0 Å². The summed E-state index contributed by atoms with van der Waals surface area (Å²) < 4.78 is 0. The molecule has 4 nitrogen and oxygen atoms in total. The largest absolute Gasteiger partial charge is 0.348 e. The van der Waals surface area contributed by atoms with Crippen LogP contribution in [0.1, 0.15) is 11.3 Å². The van der Waals surface area contributed by atoms with Gasteiger partial charge in [0.05, 0.1) is 11.8 Å². The van der Waals surface area contributed by atoms with Crippen LogP contribution in [-0.2, 0) is 13.0 Å². The maximum Gasteiger partial charge on any atom is 0.0921 e. The highest BCUT2D eigenvalue weighted by molar-refractivity contribution is 5.81. The summed E-state index contributed by atoms with van der Waals surface area (Å²) >= 11 is 0. The smallest absolute Gasteiger partial charge is 0.0921 e. The SMILES string of the molecule is c1cnc2c(CNCCc3cnc[nH]3)cccc2c1. The van der Waals surface area contributed by atoms with Crippen molar-refractivity contribution in [1.82, 2.24) is 20.3 Å². The van der Waals surface area contributed by atoms with E-state index in [0.29, 0.717) is 0 Å². The summed E-state index contributed by atoms with van der Waals surface area (Å²) in [5, 5.41) is 4.63.